The van der Waals surface area contributed by atoms with Crippen LogP contribution in [-0.4, -0.2) is 23.6 Å². The Morgan fingerprint density at radius 2 is 2.33 bits per heavy atom. The average molecular weight is 206 g/mol. The zero-order valence-electron chi connectivity index (χ0n) is 8.15. The van der Waals surface area contributed by atoms with Gasteiger partial charge in [0.1, 0.15) is 11.3 Å². The van der Waals surface area contributed by atoms with Gasteiger partial charge in [-0.3, -0.25) is 10.1 Å². The van der Waals surface area contributed by atoms with E-state index in [1.54, 1.807) is 7.05 Å². The molecule has 2 N–H and O–H groups in total. The first-order valence-electron chi connectivity index (χ1n) is 4.26. The third-order valence-electron chi connectivity index (χ3n) is 1.67. The van der Waals surface area contributed by atoms with Crippen LogP contribution in [-0.2, 0) is 0 Å². The number of hydrogen-bond acceptors (Lipinski definition) is 4. The van der Waals surface area contributed by atoms with Crippen molar-refractivity contribution in [3.63, 3.8) is 0 Å². The number of phenols is 1. The lowest BCUT2D eigenvalue weighted by Gasteiger charge is -1.96. The van der Waals surface area contributed by atoms with Gasteiger partial charge in [0.15, 0.2) is 0 Å². The van der Waals surface area contributed by atoms with Crippen LogP contribution in [0.3, 0.4) is 0 Å². The maximum atomic E-state index is 10.6. The van der Waals surface area contributed by atoms with Gasteiger partial charge in [0.05, 0.1) is 17.5 Å². The van der Waals surface area contributed by atoms with Crippen molar-refractivity contribution in [2.45, 2.75) is 0 Å². The Morgan fingerprint density at radius 3 is 2.93 bits per heavy atom. The molecular formula is C10H10N2O3. The summed E-state index contributed by atoms with van der Waals surface area (Å²) in [6.07, 6.45) is 0. The number of hydrogen-bond donors (Lipinski definition) is 2. The first-order valence-corrected chi connectivity index (χ1v) is 4.26. The highest BCUT2D eigenvalue weighted by Crippen LogP contribution is 2.22. The first kappa shape index (κ1) is 11.0. The Balaban J connectivity index is 3.08. The summed E-state index contributed by atoms with van der Waals surface area (Å²) in [6, 6.07) is 3.88. The van der Waals surface area contributed by atoms with E-state index in [1.165, 1.54) is 12.1 Å². The molecule has 0 spiro atoms. The topological polar surface area (TPSA) is 75.4 Å². The summed E-state index contributed by atoms with van der Waals surface area (Å²) in [5.74, 6) is 5.24. The van der Waals surface area contributed by atoms with Crippen molar-refractivity contribution in [2.24, 2.45) is 0 Å². The SMILES string of the molecule is CNCC#Cc1ccc(O)cc1[N+](=O)[O-]. The van der Waals surface area contributed by atoms with Crippen molar-refractivity contribution in [3.05, 3.63) is 33.9 Å². The summed E-state index contributed by atoms with van der Waals surface area (Å²) in [5.41, 5.74) is 0.117. The molecule has 0 aromatic heterocycles. The largest absolute Gasteiger partial charge is 0.508 e. The first-order chi connectivity index (χ1) is 7.15. The molecule has 1 aromatic carbocycles. The van der Waals surface area contributed by atoms with E-state index in [0.29, 0.717) is 12.1 Å². The molecule has 0 saturated heterocycles. The van der Waals surface area contributed by atoms with Crippen molar-refractivity contribution in [3.8, 4) is 17.6 Å². The van der Waals surface area contributed by atoms with E-state index in [-0.39, 0.29) is 11.4 Å². The Labute approximate surface area is 86.9 Å². The van der Waals surface area contributed by atoms with E-state index in [9.17, 15) is 10.1 Å². The molecule has 0 heterocycles. The van der Waals surface area contributed by atoms with Gasteiger partial charge in [0.2, 0.25) is 0 Å². The third kappa shape index (κ3) is 2.97. The standard InChI is InChI=1S/C10H10N2O3/c1-11-6-2-3-8-4-5-9(13)7-10(8)12(14)15/h4-5,7,11,13H,6H2,1H3. The van der Waals surface area contributed by atoms with Gasteiger partial charge in [-0.1, -0.05) is 11.8 Å². The number of nitrogens with zero attached hydrogens (tertiary/aromatic N) is 1. The van der Waals surface area contributed by atoms with Crippen LogP contribution in [0.4, 0.5) is 5.69 Å². The van der Waals surface area contributed by atoms with Crippen molar-refractivity contribution >= 4 is 5.69 Å². The molecule has 0 aliphatic rings. The molecule has 5 nitrogen and oxygen atoms in total. The van der Waals surface area contributed by atoms with E-state index in [4.69, 9.17) is 5.11 Å². The number of benzene rings is 1. The normalized spacial score (nSPS) is 9.13. The van der Waals surface area contributed by atoms with Gasteiger partial charge in [-0.2, -0.15) is 0 Å². The molecule has 0 atom stereocenters. The molecule has 0 aliphatic carbocycles. The average Bonchev–Trinajstić information content (AvgIpc) is 2.20. The van der Waals surface area contributed by atoms with Crippen molar-refractivity contribution in [2.75, 3.05) is 13.6 Å². The summed E-state index contributed by atoms with van der Waals surface area (Å²) in [5, 5.41) is 22.5. The second-order valence-corrected chi connectivity index (χ2v) is 2.79. The lowest BCUT2D eigenvalue weighted by Crippen LogP contribution is -2.04. The summed E-state index contributed by atoms with van der Waals surface area (Å²) < 4.78 is 0. The predicted octanol–water partition coefficient (Wildman–Crippen LogP) is 0.871. The lowest BCUT2D eigenvalue weighted by atomic mass is 10.2. The van der Waals surface area contributed by atoms with Crippen molar-refractivity contribution in [1.29, 1.82) is 0 Å². The van der Waals surface area contributed by atoms with Gasteiger partial charge in [0.25, 0.3) is 5.69 Å². The van der Waals surface area contributed by atoms with Gasteiger partial charge in [-0.15, -0.1) is 0 Å². The quantitative estimate of drug-likeness (QED) is 0.427. The summed E-state index contributed by atoms with van der Waals surface area (Å²) in [4.78, 5) is 10.1. The van der Waals surface area contributed by atoms with E-state index in [0.717, 1.165) is 6.07 Å². The van der Waals surface area contributed by atoms with E-state index < -0.39 is 4.92 Å². The molecule has 15 heavy (non-hydrogen) atoms. The summed E-state index contributed by atoms with van der Waals surface area (Å²) in [7, 11) is 1.74. The third-order valence-corrected chi connectivity index (χ3v) is 1.67. The molecule has 1 rings (SSSR count). The highest BCUT2D eigenvalue weighted by atomic mass is 16.6. The maximum absolute atomic E-state index is 10.6. The molecule has 0 unspecified atom stereocenters. The Bertz CT molecular complexity index is 432. The fraction of sp³-hybridized carbons (Fsp3) is 0.200. The van der Waals surface area contributed by atoms with Crippen LogP contribution in [0.5, 0.6) is 5.75 Å². The smallest absolute Gasteiger partial charge is 0.288 e. The summed E-state index contributed by atoms with van der Waals surface area (Å²) >= 11 is 0. The van der Waals surface area contributed by atoms with Crippen LogP contribution in [0.1, 0.15) is 5.56 Å². The predicted molar refractivity (Wildman–Crippen MR) is 55.6 cm³/mol. The monoisotopic (exact) mass is 206 g/mol. The Morgan fingerprint density at radius 1 is 1.60 bits per heavy atom. The number of phenolic OH excluding ortho intramolecular Hbond substituents is 1. The fourth-order valence-corrected chi connectivity index (χ4v) is 1.00. The zero-order chi connectivity index (χ0) is 11.3. The molecule has 5 heteroatoms. The van der Waals surface area contributed by atoms with Crippen LogP contribution in [0, 0.1) is 22.0 Å². The maximum Gasteiger partial charge on any atom is 0.288 e. The van der Waals surface area contributed by atoms with Gasteiger partial charge in [-0.25, -0.2) is 0 Å². The van der Waals surface area contributed by atoms with Crippen LogP contribution >= 0.6 is 0 Å². The number of aromatic hydroxyl groups is 1. The zero-order valence-corrected chi connectivity index (χ0v) is 8.15. The molecule has 0 aliphatic heterocycles. The van der Waals surface area contributed by atoms with E-state index in [1.807, 2.05) is 0 Å². The molecule has 0 amide bonds. The van der Waals surface area contributed by atoms with Gasteiger partial charge >= 0.3 is 0 Å². The van der Waals surface area contributed by atoms with Crippen molar-refractivity contribution in [1.82, 2.24) is 5.32 Å². The molecule has 0 bridgehead atoms. The van der Waals surface area contributed by atoms with Crippen LogP contribution in [0.15, 0.2) is 18.2 Å². The highest BCUT2D eigenvalue weighted by molar-refractivity contribution is 5.54. The van der Waals surface area contributed by atoms with Crippen LogP contribution < -0.4 is 5.32 Å². The molecule has 0 fully saturated rings. The second-order valence-electron chi connectivity index (χ2n) is 2.79. The highest BCUT2D eigenvalue weighted by Gasteiger charge is 2.12. The lowest BCUT2D eigenvalue weighted by molar-refractivity contribution is -0.385. The van der Waals surface area contributed by atoms with Crippen LogP contribution in [0.25, 0.3) is 0 Å². The van der Waals surface area contributed by atoms with Gasteiger partial charge in [0, 0.05) is 0 Å². The minimum absolute atomic E-state index is 0.138. The molecule has 0 radical (unpaired) electrons. The molecule has 78 valence electrons. The van der Waals surface area contributed by atoms with Gasteiger partial charge in [-0.05, 0) is 19.2 Å². The Kier molecular flexibility index (Phi) is 3.66. The number of nitrogens with one attached hydrogen (secondary N) is 1. The number of rotatable bonds is 2. The summed E-state index contributed by atoms with van der Waals surface area (Å²) in [6.45, 7) is 0.456. The van der Waals surface area contributed by atoms with Crippen LogP contribution in [0.2, 0.25) is 0 Å². The fourth-order valence-electron chi connectivity index (χ4n) is 1.00. The van der Waals surface area contributed by atoms with Gasteiger partial charge < -0.3 is 10.4 Å². The second kappa shape index (κ2) is 4.98. The Hall–Kier alpha value is -2.06. The molecular weight excluding hydrogens is 196 g/mol. The van der Waals surface area contributed by atoms with E-state index >= 15 is 0 Å². The number of nitro groups is 1. The molecule has 0 saturated carbocycles. The molecule has 1 aromatic rings. The number of nitro benzene ring substituents is 1. The minimum atomic E-state index is -0.566. The van der Waals surface area contributed by atoms with Crippen molar-refractivity contribution < 1.29 is 10.0 Å². The minimum Gasteiger partial charge on any atom is -0.508 e. The van der Waals surface area contributed by atoms with E-state index in [2.05, 4.69) is 17.2 Å².